The zero-order valence-corrected chi connectivity index (χ0v) is 14.4. The second-order valence-electron chi connectivity index (χ2n) is 6.95. The summed E-state index contributed by atoms with van der Waals surface area (Å²) < 4.78 is 10.8. The first-order valence-electron chi connectivity index (χ1n) is 9.14. The van der Waals surface area contributed by atoms with E-state index in [-0.39, 0.29) is 17.7 Å². The van der Waals surface area contributed by atoms with Crippen LogP contribution < -0.4 is 4.74 Å². The molecule has 6 heteroatoms. The zero-order chi connectivity index (χ0) is 17.2. The quantitative estimate of drug-likeness (QED) is 0.812. The van der Waals surface area contributed by atoms with Gasteiger partial charge < -0.3 is 19.3 Å². The molecule has 1 atom stereocenters. The summed E-state index contributed by atoms with van der Waals surface area (Å²) in [5, 5.41) is 0. The van der Waals surface area contributed by atoms with Crippen LogP contribution in [-0.2, 0) is 16.0 Å². The van der Waals surface area contributed by atoms with Crippen LogP contribution in [0.3, 0.4) is 0 Å². The van der Waals surface area contributed by atoms with Crippen LogP contribution in [0, 0.1) is 5.92 Å². The van der Waals surface area contributed by atoms with Gasteiger partial charge in [0.05, 0.1) is 25.7 Å². The average molecular weight is 344 g/mol. The number of carbonyl (C=O) groups excluding carboxylic acids is 2. The molecule has 6 nitrogen and oxygen atoms in total. The lowest BCUT2D eigenvalue weighted by Crippen LogP contribution is -2.49. The summed E-state index contributed by atoms with van der Waals surface area (Å²) in [6, 6.07) is 5.66. The largest absolute Gasteiger partial charge is 0.493 e. The molecule has 1 aromatic rings. The van der Waals surface area contributed by atoms with Crippen LogP contribution in [-0.4, -0.2) is 67.6 Å². The maximum Gasteiger partial charge on any atom is 0.253 e. The van der Waals surface area contributed by atoms with Gasteiger partial charge in [0.25, 0.3) is 5.91 Å². The number of nitrogens with zero attached hydrogens (tertiary/aromatic N) is 2. The molecule has 4 rings (SSSR count). The first-order chi connectivity index (χ1) is 12.2. The molecule has 1 aromatic carbocycles. The van der Waals surface area contributed by atoms with Gasteiger partial charge in [0.1, 0.15) is 5.75 Å². The van der Waals surface area contributed by atoms with E-state index in [4.69, 9.17) is 9.47 Å². The molecule has 0 aromatic heterocycles. The Balaban J connectivity index is 1.43. The molecule has 3 aliphatic rings. The maximum absolute atomic E-state index is 12.9. The molecular formula is C19H24N2O4. The van der Waals surface area contributed by atoms with Crippen molar-refractivity contribution < 1.29 is 19.1 Å². The molecule has 3 heterocycles. The van der Waals surface area contributed by atoms with E-state index >= 15 is 0 Å². The van der Waals surface area contributed by atoms with Crippen LogP contribution in [0.1, 0.15) is 28.8 Å². The Kier molecular flexibility index (Phi) is 4.61. The van der Waals surface area contributed by atoms with E-state index in [1.54, 1.807) is 0 Å². The molecule has 0 aliphatic carbocycles. The lowest BCUT2D eigenvalue weighted by molar-refractivity contribution is -0.141. The molecule has 134 valence electrons. The molecule has 2 saturated heterocycles. The van der Waals surface area contributed by atoms with Gasteiger partial charge in [-0.15, -0.1) is 0 Å². The Morgan fingerprint density at radius 2 is 1.88 bits per heavy atom. The number of morpholine rings is 1. The van der Waals surface area contributed by atoms with Crippen LogP contribution in [0.5, 0.6) is 5.75 Å². The normalized spacial score (nSPS) is 23.1. The predicted molar refractivity (Wildman–Crippen MR) is 91.7 cm³/mol. The summed E-state index contributed by atoms with van der Waals surface area (Å²) in [7, 11) is 0. The van der Waals surface area contributed by atoms with E-state index in [2.05, 4.69) is 0 Å². The number of benzene rings is 1. The van der Waals surface area contributed by atoms with Gasteiger partial charge in [-0.05, 0) is 36.6 Å². The maximum atomic E-state index is 12.9. The first-order valence-corrected chi connectivity index (χ1v) is 9.14. The van der Waals surface area contributed by atoms with Gasteiger partial charge in [-0.3, -0.25) is 9.59 Å². The van der Waals surface area contributed by atoms with Crippen molar-refractivity contribution in [3.05, 3.63) is 29.3 Å². The number of hydrogen-bond donors (Lipinski definition) is 0. The van der Waals surface area contributed by atoms with Crippen molar-refractivity contribution in [2.45, 2.75) is 19.3 Å². The van der Waals surface area contributed by atoms with Crippen LogP contribution in [0.2, 0.25) is 0 Å². The predicted octanol–water partition coefficient (Wildman–Crippen LogP) is 1.33. The second kappa shape index (κ2) is 7.04. The van der Waals surface area contributed by atoms with Gasteiger partial charge in [0.2, 0.25) is 5.91 Å². The third-order valence-electron chi connectivity index (χ3n) is 5.32. The number of likely N-dealkylation sites (tertiary alicyclic amines) is 1. The van der Waals surface area contributed by atoms with Crippen molar-refractivity contribution in [1.29, 1.82) is 0 Å². The average Bonchev–Trinajstić information content (AvgIpc) is 3.15. The SMILES string of the molecule is O=C(c1ccc2c(c1)CCO2)N1CCC[C@H](C(=O)N2CCOCC2)C1. The van der Waals surface area contributed by atoms with E-state index in [0.717, 1.165) is 37.1 Å². The summed E-state index contributed by atoms with van der Waals surface area (Å²) in [5.41, 5.74) is 1.80. The highest BCUT2D eigenvalue weighted by Gasteiger charge is 2.32. The summed E-state index contributed by atoms with van der Waals surface area (Å²) in [4.78, 5) is 29.3. The molecule has 25 heavy (non-hydrogen) atoms. The van der Waals surface area contributed by atoms with Gasteiger partial charge in [-0.2, -0.15) is 0 Å². The molecule has 3 aliphatic heterocycles. The highest BCUT2D eigenvalue weighted by molar-refractivity contribution is 5.95. The molecule has 2 fully saturated rings. The van der Waals surface area contributed by atoms with E-state index < -0.39 is 0 Å². The highest BCUT2D eigenvalue weighted by Crippen LogP contribution is 2.27. The molecule has 0 spiro atoms. The van der Waals surface area contributed by atoms with Gasteiger partial charge in [-0.25, -0.2) is 0 Å². The third-order valence-corrected chi connectivity index (χ3v) is 5.32. The molecular weight excluding hydrogens is 320 g/mol. The van der Waals surface area contributed by atoms with Crippen LogP contribution in [0.4, 0.5) is 0 Å². The van der Waals surface area contributed by atoms with Gasteiger partial charge in [0.15, 0.2) is 0 Å². The number of rotatable bonds is 2. The Morgan fingerprint density at radius 1 is 1.04 bits per heavy atom. The minimum absolute atomic E-state index is 0.0224. The Bertz CT molecular complexity index is 669. The topological polar surface area (TPSA) is 59.1 Å². The number of piperidine rings is 1. The van der Waals surface area contributed by atoms with E-state index in [1.807, 2.05) is 28.0 Å². The summed E-state index contributed by atoms with van der Waals surface area (Å²) in [6.07, 6.45) is 2.59. The van der Waals surface area contributed by atoms with Crippen LogP contribution in [0.25, 0.3) is 0 Å². The lowest BCUT2D eigenvalue weighted by Gasteiger charge is -2.36. The Hall–Kier alpha value is -2.08. The highest BCUT2D eigenvalue weighted by atomic mass is 16.5. The molecule has 0 saturated carbocycles. The molecule has 0 bridgehead atoms. The van der Waals surface area contributed by atoms with Crippen molar-refractivity contribution in [3.63, 3.8) is 0 Å². The van der Waals surface area contributed by atoms with Crippen LogP contribution >= 0.6 is 0 Å². The fourth-order valence-corrected chi connectivity index (χ4v) is 3.91. The molecule has 0 radical (unpaired) electrons. The summed E-state index contributed by atoms with van der Waals surface area (Å²) >= 11 is 0. The van der Waals surface area contributed by atoms with Gasteiger partial charge >= 0.3 is 0 Å². The smallest absolute Gasteiger partial charge is 0.253 e. The lowest BCUT2D eigenvalue weighted by atomic mass is 9.95. The number of amides is 2. The van der Waals surface area contributed by atoms with Crippen molar-refractivity contribution >= 4 is 11.8 Å². The van der Waals surface area contributed by atoms with Gasteiger partial charge in [0, 0.05) is 38.2 Å². The van der Waals surface area contributed by atoms with Crippen LogP contribution in [0.15, 0.2) is 18.2 Å². The van der Waals surface area contributed by atoms with Crippen molar-refractivity contribution in [2.24, 2.45) is 5.92 Å². The standard InChI is InChI=1S/C19H24N2O4/c22-18(15-3-4-17-14(12-15)5-9-25-17)21-6-1-2-16(13-21)19(23)20-7-10-24-11-8-20/h3-4,12,16H,1-2,5-11,13H2/t16-/m0/s1. The summed E-state index contributed by atoms with van der Waals surface area (Å²) in [5.74, 6) is 0.987. The Labute approximate surface area is 147 Å². The number of carbonyl (C=O) groups is 2. The minimum Gasteiger partial charge on any atom is -0.493 e. The molecule has 2 amide bonds. The van der Waals surface area contributed by atoms with Crippen molar-refractivity contribution in [2.75, 3.05) is 46.0 Å². The fourth-order valence-electron chi connectivity index (χ4n) is 3.91. The fraction of sp³-hybridized carbons (Fsp3) is 0.579. The monoisotopic (exact) mass is 344 g/mol. The number of ether oxygens (including phenoxy) is 2. The zero-order valence-electron chi connectivity index (χ0n) is 14.4. The van der Waals surface area contributed by atoms with E-state index in [1.165, 1.54) is 0 Å². The Morgan fingerprint density at radius 3 is 2.72 bits per heavy atom. The van der Waals surface area contributed by atoms with Crippen molar-refractivity contribution in [1.82, 2.24) is 9.80 Å². The summed E-state index contributed by atoms with van der Waals surface area (Å²) in [6.45, 7) is 4.47. The molecule has 0 unspecified atom stereocenters. The van der Waals surface area contributed by atoms with Gasteiger partial charge in [-0.1, -0.05) is 0 Å². The van der Waals surface area contributed by atoms with E-state index in [0.29, 0.717) is 45.0 Å². The van der Waals surface area contributed by atoms with E-state index in [9.17, 15) is 9.59 Å². The second-order valence-corrected chi connectivity index (χ2v) is 6.95. The number of hydrogen-bond acceptors (Lipinski definition) is 4. The third kappa shape index (κ3) is 3.35. The number of fused-ring (bicyclic) bond motifs is 1. The first kappa shape index (κ1) is 16.4. The van der Waals surface area contributed by atoms with Crippen molar-refractivity contribution in [3.8, 4) is 5.75 Å². The molecule has 0 N–H and O–H groups in total. The minimum atomic E-state index is -0.0893.